The van der Waals surface area contributed by atoms with Crippen LogP contribution in [0.25, 0.3) is 0 Å². The fraction of sp³-hybridized carbons (Fsp3) is 0.684. The topological polar surface area (TPSA) is 0 Å². The van der Waals surface area contributed by atoms with Gasteiger partial charge in [0.05, 0.1) is 0 Å². The van der Waals surface area contributed by atoms with Crippen LogP contribution in [0.4, 0.5) is 0 Å². The van der Waals surface area contributed by atoms with E-state index in [9.17, 15) is 0 Å². The number of rotatable bonds is 14. The van der Waals surface area contributed by atoms with Gasteiger partial charge in [0.15, 0.2) is 0 Å². The highest BCUT2D eigenvalue weighted by atomic mass is 14.4. The Morgan fingerprint density at radius 2 is 0.684 bits per heavy atom. The first kappa shape index (κ1) is 29.4. The van der Waals surface area contributed by atoms with Gasteiger partial charge in [-0.3, -0.25) is 0 Å². The predicted octanol–water partition coefficient (Wildman–Crippen LogP) is 10.6. The Balaban J connectivity index is 2.01. The summed E-state index contributed by atoms with van der Waals surface area (Å²) < 4.78 is 0. The lowest BCUT2D eigenvalue weighted by Gasteiger charge is -2.36. The van der Waals surface area contributed by atoms with E-state index in [4.69, 9.17) is 0 Å². The molecule has 0 saturated heterocycles. The fourth-order valence-electron chi connectivity index (χ4n) is 8.12. The molecule has 0 unspecified atom stereocenters. The number of hydrogen-bond donors (Lipinski definition) is 0. The molecule has 0 heterocycles. The molecule has 0 spiro atoms. The van der Waals surface area contributed by atoms with Crippen molar-refractivity contribution in [2.24, 2.45) is 0 Å². The van der Waals surface area contributed by atoms with Crippen molar-refractivity contribution in [1.82, 2.24) is 0 Å². The highest BCUT2D eigenvalue weighted by molar-refractivity contribution is 5.63. The normalized spacial score (nSPS) is 14.4. The Kier molecular flexibility index (Phi) is 11.0. The summed E-state index contributed by atoms with van der Waals surface area (Å²) in [6, 6.07) is 0. The Morgan fingerprint density at radius 1 is 0.342 bits per heavy atom. The molecule has 0 nitrogen and oxygen atoms in total. The van der Waals surface area contributed by atoms with Gasteiger partial charge < -0.3 is 0 Å². The molecule has 2 aliphatic carbocycles. The Bertz CT molecular complexity index is 997. The zero-order chi connectivity index (χ0) is 27.1. The fourth-order valence-corrected chi connectivity index (χ4v) is 8.12. The smallest absolute Gasteiger partial charge is 0.00142 e. The molecule has 2 aromatic rings. The van der Waals surface area contributed by atoms with Gasteiger partial charge in [0.2, 0.25) is 0 Å². The third kappa shape index (κ3) is 5.81. The molecule has 38 heavy (non-hydrogen) atoms. The van der Waals surface area contributed by atoms with E-state index in [0.29, 0.717) is 0 Å². The third-order valence-corrected chi connectivity index (χ3v) is 9.74. The standard InChI is InChI=1S/C38H58/c1-7-13-21-33-31-23-15-16-24-32(31)34(22-14-8-2)38-26-36-30(20-12-6)28(18-10-4)27(17-9-3)29(19-11-5)35(36)25-37(33)38/h7-26H2,1-6H3. The minimum absolute atomic E-state index is 1.23. The highest BCUT2D eigenvalue weighted by Gasteiger charge is 2.31. The Hall–Kier alpha value is -1.56. The third-order valence-electron chi connectivity index (χ3n) is 9.74. The van der Waals surface area contributed by atoms with Gasteiger partial charge in [0.25, 0.3) is 0 Å². The zero-order valence-electron chi connectivity index (χ0n) is 26.1. The molecule has 0 bridgehead atoms. The lowest BCUT2D eigenvalue weighted by atomic mass is 9.69. The summed E-state index contributed by atoms with van der Waals surface area (Å²) in [6.45, 7) is 14.4. The van der Waals surface area contributed by atoms with Crippen molar-refractivity contribution in [2.75, 3.05) is 0 Å². The van der Waals surface area contributed by atoms with Crippen molar-refractivity contribution in [1.29, 1.82) is 0 Å². The molecular formula is C38H58. The van der Waals surface area contributed by atoms with Crippen LogP contribution in [0.5, 0.6) is 0 Å². The minimum atomic E-state index is 1.23. The van der Waals surface area contributed by atoms with Crippen LogP contribution in [0.15, 0.2) is 0 Å². The van der Waals surface area contributed by atoms with Gasteiger partial charge in [-0.15, -0.1) is 0 Å². The number of benzene rings is 2. The van der Waals surface area contributed by atoms with E-state index in [-0.39, 0.29) is 0 Å². The van der Waals surface area contributed by atoms with Gasteiger partial charge >= 0.3 is 0 Å². The molecule has 0 amide bonds. The van der Waals surface area contributed by atoms with E-state index in [2.05, 4.69) is 41.5 Å². The van der Waals surface area contributed by atoms with Crippen molar-refractivity contribution in [2.45, 2.75) is 170 Å². The second kappa shape index (κ2) is 14.2. The summed E-state index contributed by atoms with van der Waals surface area (Å²) in [4.78, 5) is 0. The van der Waals surface area contributed by atoms with Gasteiger partial charge in [0.1, 0.15) is 0 Å². The van der Waals surface area contributed by atoms with Crippen LogP contribution < -0.4 is 0 Å². The first-order chi connectivity index (χ1) is 18.6. The van der Waals surface area contributed by atoms with Crippen molar-refractivity contribution < 1.29 is 0 Å². The van der Waals surface area contributed by atoms with Crippen LogP contribution in [-0.4, -0.2) is 0 Å². The zero-order valence-corrected chi connectivity index (χ0v) is 26.1. The van der Waals surface area contributed by atoms with E-state index >= 15 is 0 Å². The maximum Gasteiger partial charge on any atom is -0.00142 e. The maximum atomic E-state index is 2.41. The first-order valence-corrected chi connectivity index (χ1v) is 17.0. The number of unbranched alkanes of at least 4 members (excludes halogenated alkanes) is 2. The molecule has 0 aliphatic heterocycles. The van der Waals surface area contributed by atoms with Crippen molar-refractivity contribution in [3.63, 3.8) is 0 Å². The SMILES string of the molecule is CCCCc1c2c(c(CCCC)c3c1Cc1c(CCC)c(CCC)c(CCC)c(CCC)c1C3)CCCC2. The maximum absolute atomic E-state index is 2.41. The molecule has 0 N–H and O–H groups in total. The van der Waals surface area contributed by atoms with E-state index in [1.54, 1.807) is 33.4 Å². The first-order valence-electron chi connectivity index (χ1n) is 17.0. The monoisotopic (exact) mass is 514 g/mol. The Morgan fingerprint density at radius 3 is 1.03 bits per heavy atom. The molecule has 0 heteroatoms. The molecule has 0 aromatic heterocycles. The Labute approximate surface area is 236 Å². The molecule has 4 rings (SSSR count). The summed E-state index contributed by atoms with van der Waals surface area (Å²) in [5.41, 5.74) is 21.6. The van der Waals surface area contributed by atoms with Gasteiger partial charge in [-0.25, -0.2) is 0 Å². The molecule has 0 radical (unpaired) electrons. The molecule has 210 valence electrons. The van der Waals surface area contributed by atoms with Crippen LogP contribution in [0.3, 0.4) is 0 Å². The van der Waals surface area contributed by atoms with Crippen LogP contribution in [-0.2, 0) is 64.2 Å². The lowest BCUT2D eigenvalue weighted by Crippen LogP contribution is -2.24. The largest absolute Gasteiger partial charge is 0.0654 e. The van der Waals surface area contributed by atoms with Crippen LogP contribution >= 0.6 is 0 Å². The molecule has 0 saturated carbocycles. The van der Waals surface area contributed by atoms with Crippen molar-refractivity contribution >= 4 is 0 Å². The summed E-state index contributed by atoms with van der Waals surface area (Å²) in [5, 5.41) is 0. The average molecular weight is 515 g/mol. The quantitative estimate of drug-likeness (QED) is 0.201. The second-order valence-electron chi connectivity index (χ2n) is 12.5. The molecular weight excluding hydrogens is 456 g/mol. The van der Waals surface area contributed by atoms with Gasteiger partial charge in [-0.2, -0.15) is 0 Å². The molecule has 0 atom stereocenters. The predicted molar refractivity (Wildman–Crippen MR) is 168 cm³/mol. The molecule has 2 aliphatic rings. The van der Waals surface area contributed by atoms with Gasteiger partial charge in [-0.05, 0) is 157 Å². The summed E-state index contributed by atoms with van der Waals surface area (Å²) in [5.74, 6) is 0. The molecule has 0 fully saturated rings. The summed E-state index contributed by atoms with van der Waals surface area (Å²) in [7, 11) is 0. The van der Waals surface area contributed by atoms with Crippen LogP contribution in [0.2, 0.25) is 0 Å². The average Bonchev–Trinajstić information content (AvgIpc) is 2.93. The minimum Gasteiger partial charge on any atom is -0.0654 e. The van der Waals surface area contributed by atoms with E-state index < -0.39 is 0 Å². The highest BCUT2D eigenvalue weighted by Crippen LogP contribution is 2.44. The van der Waals surface area contributed by atoms with E-state index in [0.717, 1.165) is 0 Å². The van der Waals surface area contributed by atoms with Crippen molar-refractivity contribution in [3.05, 3.63) is 66.8 Å². The second-order valence-corrected chi connectivity index (χ2v) is 12.5. The van der Waals surface area contributed by atoms with Crippen molar-refractivity contribution in [3.8, 4) is 0 Å². The van der Waals surface area contributed by atoms with Gasteiger partial charge in [0, 0.05) is 0 Å². The number of fused-ring (bicyclic) bond motifs is 3. The van der Waals surface area contributed by atoms with E-state index in [1.165, 1.54) is 128 Å². The van der Waals surface area contributed by atoms with E-state index in [1.807, 2.05) is 33.4 Å². The van der Waals surface area contributed by atoms with Crippen LogP contribution in [0, 0.1) is 0 Å². The van der Waals surface area contributed by atoms with Crippen LogP contribution in [0.1, 0.15) is 173 Å². The lowest BCUT2D eigenvalue weighted by molar-refractivity contribution is 0.650. The molecule has 2 aromatic carbocycles. The summed E-state index contributed by atoms with van der Waals surface area (Å²) >= 11 is 0. The van der Waals surface area contributed by atoms with Gasteiger partial charge in [-0.1, -0.05) is 80.1 Å². The summed E-state index contributed by atoms with van der Waals surface area (Å²) in [6.07, 6.45) is 26.0. The number of hydrogen-bond acceptors (Lipinski definition) is 0.